The van der Waals surface area contributed by atoms with Gasteiger partial charge in [-0.15, -0.1) is 0 Å². The summed E-state index contributed by atoms with van der Waals surface area (Å²) in [7, 11) is 0. The van der Waals surface area contributed by atoms with E-state index >= 15 is 0 Å². The quantitative estimate of drug-likeness (QED) is 0.678. The fourth-order valence-electron chi connectivity index (χ4n) is 3.98. The van der Waals surface area contributed by atoms with Gasteiger partial charge in [-0.3, -0.25) is 14.5 Å². The molecule has 29 heavy (non-hydrogen) atoms. The van der Waals surface area contributed by atoms with Crippen molar-refractivity contribution in [3.05, 3.63) is 59.7 Å². The van der Waals surface area contributed by atoms with Gasteiger partial charge in [0, 0.05) is 43.4 Å². The number of likely N-dealkylation sites (tertiary alicyclic amines) is 1. The lowest BCUT2D eigenvalue weighted by molar-refractivity contribution is 0.0599. The number of carbonyl (C=O) groups excluding carboxylic acids is 1. The number of pyridine rings is 1. The molecule has 0 aromatic carbocycles. The van der Waals surface area contributed by atoms with Crippen LogP contribution in [0.2, 0.25) is 0 Å². The first-order valence-corrected chi connectivity index (χ1v) is 10.2. The van der Waals surface area contributed by atoms with Gasteiger partial charge in [0.2, 0.25) is 0 Å². The Hall–Kier alpha value is -3.09. The molecular formula is C22H26N6O. The molecule has 1 atom stereocenters. The van der Waals surface area contributed by atoms with Crippen molar-refractivity contribution in [1.29, 1.82) is 0 Å². The molecule has 3 aromatic heterocycles. The van der Waals surface area contributed by atoms with Crippen LogP contribution in [-0.4, -0.2) is 42.1 Å². The second-order valence-electron chi connectivity index (χ2n) is 7.47. The zero-order valence-corrected chi connectivity index (χ0v) is 17.2. The summed E-state index contributed by atoms with van der Waals surface area (Å²) in [5, 5.41) is 4.43. The molecule has 1 fully saturated rings. The van der Waals surface area contributed by atoms with Crippen LogP contribution >= 0.6 is 0 Å². The van der Waals surface area contributed by atoms with Crippen LogP contribution in [0.3, 0.4) is 0 Å². The lowest BCUT2D eigenvalue weighted by Gasteiger charge is -2.36. The maximum Gasteiger partial charge on any atom is 0.274 e. The van der Waals surface area contributed by atoms with Crippen LogP contribution in [0.25, 0.3) is 11.1 Å². The van der Waals surface area contributed by atoms with Gasteiger partial charge in [0.1, 0.15) is 11.5 Å². The first kappa shape index (κ1) is 19.2. The molecule has 3 aromatic rings. The van der Waals surface area contributed by atoms with E-state index in [4.69, 9.17) is 4.98 Å². The SMILES string of the molecule is CCn1ccc(C(=O)N2CCCCC2c2nc(C)ncc2-c2ccncc2C)n1. The van der Waals surface area contributed by atoms with Gasteiger partial charge in [-0.1, -0.05) is 0 Å². The van der Waals surface area contributed by atoms with Gasteiger partial charge in [0.05, 0.1) is 11.7 Å². The summed E-state index contributed by atoms with van der Waals surface area (Å²) < 4.78 is 1.78. The number of amides is 1. The van der Waals surface area contributed by atoms with Crippen molar-refractivity contribution in [2.45, 2.75) is 52.6 Å². The highest BCUT2D eigenvalue weighted by Gasteiger charge is 2.33. The predicted molar refractivity (Wildman–Crippen MR) is 110 cm³/mol. The van der Waals surface area contributed by atoms with E-state index in [1.165, 1.54) is 0 Å². The molecule has 7 nitrogen and oxygen atoms in total. The highest BCUT2D eigenvalue weighted by molar-refractivity contribution is 5.92. The Morgan fingerprint density at radius 1 is 1.17 bits per heavy atom. The average Bonchev–Trinajstić information content (AvgIpc) is 3.23. The number of aryl methyl sites for hydroxylation is 3. The molecule has 1 saturated heterocycles. The van der Waals surface area contributed by atoms with Crippen molar-refractivity contribution < 1.29 is 4.79 Å². The summed E-state index contributed by atoms with van der Waals surface area (Å²) in [6, 6.07) is 3.70. The standard InChI is InChI=1S/C22H26N6O/c1-4-27-12-9-19(26-27)22(29)28-11-6-5-7-20(28)21-18(14-24-16(3)25-21)17-8-10-23-13-15(17)2/h8-10,12-14,20H,4-7,11H2,1-3H3. The van der Waals surface area contributed by atoms with Gasteiger partial charge in [-0.05, 0) is 63.3 Å². The number of hydrogen-bond acceptors (Lipinski definition) is 5. The first-order chi connectivity index (χ1) is 14.1. The van der Waals surface area contributed by atoms with E-state index in [2.05, 4.69) is 15.1 Å². The van der Waals surface area contributed by atoms with E-state index in [-0.39, 0.29) is 11.9 Å². The summed E-state index contributed by atoms with van der Waals surface area (Å²) in [6.07, 6.45) is 10.3. The van der Waals surface area contributed by atoms with Gasteiger partial charge in [-0.2, -0.15) is 5.10 Å². The van der Waals surface area contributed by atoms with E-state index < -0.39 is 0 Å². The van der Waals surface area contributed by atoms with E-state index in [0.29, 0.717) is 18.1 Å². The average molecular weight is 390 g/mol. The van der Waals surface area contributed by atoms with Crippen molar-refractivity contribution in [2.75, 3.05) is 6.54 Å². The Kier molecular flexibility index (Phi) is 5.38. The maximum absolute atomic E-state index is 13.3. The van der Waals surface area contributed by atoms with E-state index in [9.17, 15) is 4.79 Å². The van der Waals surface area contributed by atoms with Gasteiger partial charge in [-0.25, -0.2) is 9.97 Å². The van der Waals surface area contributed by atoms with Crippen LogP contribution in [0.1, 0.15) is 59.8 Å². The number of rotatable bonds is 4. The van der Waals surface area contributed by atoms with Gasteiger partial charge < -0.3 is 4.90 Å². The molecule has 0 saturated carbocycles. The molecule has 1 aliphatic heterocycles. The summed E-state index contributed by atoms with van der Waals surface area (Å²) >= 11 is 0. The third-order valence-corrected chi connectivity index (χ3v) is 5.51. The van der Waals surface area contributed by atoms with Crippen LogP contribution in [-0.2, 0) is 6.54 Å². The van der Waals surface area contributed by atoms with Crippen molar-refractivity contribution >= 4 is 5.91 Å². The summed E-state index contributed by atoms with van der Waals surface area (Å²) in [5.74, 6) is 0.680. The van der Waals surface area contributed by atoms with Gasteiger partial charge in [0.25, 0.3) is 5.91 Å². The minimum absolute atomic E-state index is 0.0319. The van der Waals surface area contributed by atoms with Crippen LogP contribution in [0.4, 0.5) is 0 Å². The summed E-state index contributed by atoms with van der Waals surface area (Å²) in [6.45, 7) is 7.39. The molecule has 0 radical (unpaired) electrons. The largest absolute Gasteiger partial charge is 0.329 e. The molecule has 150 valence electrons. The predicted octanol–water partition coefficient (Wildman–Crippen LogP) is 3.74. The minimum atomic E-state index is -0.0905. The molecule has 1 amide bonds. The van der Waals surface area contributed by atoms with Gasteiger partial charge >= 0.3 is 0 Å². The smallest absolute Gasteiger partial charge is 0.274 e. The topological polar surface area (TPSA) is 76.8 Å². The van der Waals surface area contributed by atoms with Gasteiger partial charge in [0.15, 0.2) is 0 Å². The highest BCUT2D eigenvalue weighted by atomic mass is 16.2. The number of carbonyl (C=O) groups is 1. The Balaban J connectivity index is 1.76. The second-order valence-corrected chi connectivity index (χ2v) is 7.47. The summed E-state index contributed by atoms with van der Waals surface area (Å²) in [4.78, 5) is 28.7. The van der Waals surface area contributed by atoms with Crippen LogP contribution in [0.5, 0.6) is 0 Å². The Labute approximate surface area is 170 Å². The van der Waals surface area contributed by atoms with Crippen molar-refractivity contribution in [3.8, 4) is 11.1 Å². The van der Waals surface area contributed by atoms with E-state index in [0.717, 1.165) is 48.2 Å². The van der Waals surface area contributed by atoms with E-state index in [1.807, 2.05) is 50.3 Å². The van der Waals surface area contributed by atoms with Crippen LogP contribution < -0.4 is 0 Å². The Bertz CT molecular complexity index is 1030. The Morgan fingerprint density at radius 3 is 2.79 bits per heavy atom. The zero-order valence-electron chi connectivity index (χ0n) is 17.2. The summed E-state index contributed by atoms with van der Waals surface area (Å²) in [5.41, 5.74) is 4.50. The third kappa shape index (κ3) is 3.77. The maximum atomic E-state index is 13.3. The molecular weight excluding hydrogens is 364 g/mol. The molecule has 0 N–H and O–H groups in total. The zero-order chi connectivity index (χ0) is 20.4. The monoisotopic (exact) mass is 390 g/mol. The highest BCUT2D eigenvalue weighted by Crippen LogP contribution is 2.37. The number of nitrogens with zero attached hydrogens (tertiary/aromatic N) is 6. The fraction of sp³-hybridized carbons (Fsp3) is 0.409. The molecule has 1 aliphatic rings. The van der Waals surface area contributed by atoms with Crippen molar-refractivity contribution in [1.82, 2.24) is 29.6 Å². The molecule has 0 spiro atoms. The van der Waals surface area contributed by atoms with Crippen molar-refractivity contribution in [3.63, 3.8) is 0 Å². The van der Waals surface area contributed by atoms with E-state index in [1.54, 1.807) is 16.9 Å². The molecule has 4 heterocycles. The molecule has 0 aliphatic carbocycles. The van der Waals surface area contributed by atoms with Crippen molar-refractivity contribution in [2.24, 2.45) is 0 Å². The lowest BCUT2D eigenvalue weighted by atomic mass is 9.92. The second kappa shape index (κ2) is 8.11. The van der Waals surface area contributed by atoms with Crippen LogP contribution in [0, 0.1) is 13.8 Å². The number of aromatic nitrogens is 5. The fourth-order valence-corrected chi connectivity index (χ4v) is 3.98. The molecule has 7 heteroatoms. The normalized spacial score (nSPS) is 16.8. The number of hydrogen-bond donors (Lipinski definition) is 0. The molecule has 4 rings (SSSR count). The third-order valence-electron chi connectivity index (χ3n) is 5.51. The minimum Gasteiger partial charge on any atom is -0.329 e. The molecule has 0 bridgehead atoms. The van der Waals surface area contributed by atoms with Crippen LogP contribution in [0.15, 0.2) is 36.9 Å². The lowest BCUT2D eigenvalue weighted by Crippen LogP contribution is -2.39. The Morgan fingerprint density at radius 2 is 2.03 bits per heavy atom. The molecule has 1 unspecified atom stereocenters. The number of piperidine rings is 1. The first-order valence-electron chi connectivity index (χ1n) is 10.2.